The van der Waals surface area contributed by atoms with E-state index in [1.54, 1.807) is 0 Å². The summed E-state index contributed by atoms with van der Waals surface area (Å²) in [6.07, 6.45) is 3.04. The predicted octanol–water partition coefficient (Wildman–Crippen LogP) is 6.37. The molecule has 0 N–H and O–H groups in total. The third kappa shape index (κ3) is 5.04. The molecule has 4 rings (SSSR count). The molecule has 1 aromatic heterocycles. The van der Waals surface area contributed by atoms with Crippen LogP contribution in [0, 0.1) is 11.8 Å². The highest BCUT2D eigenvalue weighted by atomic mass is 35.5. The van der Waals surface area contributed by atoms with Crippen molar-refractivity contribution in [1.29, 1.82) is 0 Å². The maximum absolute atomic E-state index is 13.6. The highest BCUT2D eigenvalue weighted by Crippen LogP contribution is 2.48. The second-order valence-electron chi connectivity index (χ2n) is 9.07. The van der Waals surface area contributed by atoms with Crippen molar-refractivity contribution in [2.75, 3.05) is 0 Å². The maximum atomic E-state index is 13.6. The number of amides is 1. The lowest BCUT2D eigenvalue weighted by Gasteiger charge is -2.32. The summed E-state index contributed by atoms with van der Waals surface area (Å²) in [6, 6.07) is 22.8. The van der Waals surface area contributed by atoms with Crippen LogP contribution in [0.5, 0.6) is 0 Å². The van der Waals surface area contributed by atoms with Crippen molar-refractivity contribution in [3.63, 3.8) is 0 Å². The standard InChI is InChI=1S/C27H31ClN2O/c1-19(2)20(3)30(27(31)26-16-25(26)22-10-5-4-6-11-22)18-24-13-8-14-29(24)17-21-9-7-12-23(28)15-21/h4-15,19-20,25-26H,16-18H2,1-3H3. The summed E-state index contributed by atoms with van der Waals surface area (Å²) in [7, 11) is 0. The minimum atomic E-state index is 0.0972. The highest BCUT2D eigenvalue weighted by Gasteiger charge is 2.46. The van der Waals surface area contributed by atoms with E-state index in [9.17, 15) is 4.79 Å². The summed E-state index contributed by atoms with van der Waals surface area (Å²) in [6.45, 7) is 7.93. The lowest BCUT2D eigenvalue weighted by molar-refractivity contribution is -0.136. The van der Waals surface area contributed by atoms with Crippen molar-refractivity contribution in [3.8, 4) is 0 Å². The second-order valence-corrected chi connectivity index (χ2v) is 9.50. The molecule has 1 aliphatic carbocycles. The third-order valence-electron chi connectivity index (χ3n) is 6.57. The normalized spacial score (nSPS) is 18.7. The molecule has 4 heteroatoms. The molecule has 3 atom stereocenters. The van der Waals surface area contributed by atoms with Gasteiger partial charge in [-0.25, -0.2) is 0 Å². The van der Waals surface area contributed by atoms with E-state index in [1.165, 1.54) is 5.56 Å². The first-order valence-electron chi connectivity index (χ1n) is 11.2. The van der Waals surface area contributed by atoms with Crippen LogP contribution in [0.15, 0.2) is 72.9 Å². The third-order valence-corrected chi connectivity index (χ3v) is 6.81. The number of rotatable bonds is 8. The van der Waals surface area contributed by atoms with Gasteiger partial charge in [-0.3, -0.25) is 4.79 Å². The molecule has 0 saturated heterocycles. The molecule has 1 amide bonds. The first kappa shape index (κ1) is 21.7. The number of carbonyl (C=O) groups excluding carboxylic acids is 1. The van der Waals surface area contributed by atoms with E-state index in [2.05, 4.69) is 78.9 Å². The molecule has 3 nitrogen and oxygen atoms in total. The van der Waals surface area contributed by atoms with Gasteiger partial charge in [0.2, 0.25) is 5.91 Å². The van der Waals surface area contributed by atoms with E-state index in [0.29, 0.717) is 18.4 Å². The Morgan fingerprint density at radius 3 is 2.55 bits per heavy atom. The highest BCUT2D eigenvalue weighted by molar-refractivity contribution is 6.30. The SMILES string of the molecule is CC(C)C(C)N(Cc1cccn1Cc1cccc(Cl)c1)C(=O)C1CC1c1ccccc1. The Labute approximate surface area is 190 Å². The van der Waals surface area contributed by atoms with E-state index in [0.717, 1.165) is 29.2 Å². The number of hydrogen-bond donors (Lipinski definition) is 0. The Morgan fingerprint density at radius 2 is 1.84 bits per heavy atom. The summed E-state index contributed by atoms with van der Waals surface area (Å²) in [5.41, 5.74) is 3.59. The topological polar surface area (TPSA) is 25.2 Å². The van der Waals surface area contributed by atoms with Gasteiger partial charge < -0.3 is 9.47 Å². The average Bonchev–Trinajstić information content (AvgIpc) is 3.45. The first-order valence-corrected chi connectivity index (χ1v) is 11.6. The Balaban J connectivity index is 1.52. The van der Waals surface area contributed by atoms with Gasteiger partial charge in [0.15, 0.2) is 0 Å². The molecule has 162 valence electrons. The van der Waals surface area contributed by atoms with Gasteiger partial charge in [-0.05, 0) is 60.6 Å². The monoisotopic (exact) mass is 434 g/mol. The van der Waals surface area contributed by atoms with E-state index >= 15 is 0 Å². The fourth-order valence-corrected chi connectivity index (χ4v) is 4.50. The minimum absolute atomic E-state index is 0.0972. The number of aromatic nitrogens is 1. The van der Waals surface area contributed by atoms with Gasteiger partial charge in [0.1, 0.15) is 0 Å². The number of benzene rings is 2. The Kier molecular flexibility index (Phi) is 6.52. The summed E-state index contributed by atoms with van der Waals surface area (Å²) in [4.78, 5) is 15.7. The van der Waals surface area contributed by atoms with Gasteiger partial charge in [-0.2, -0.15) is 0 Å². The van der Waals surface area contributed by atoms with Gasteiger partial charge in [-0.15, -0.1) is 0 Å². The largest absolute Gasteiger partial charge is 0.345 e. The van der Waals surface area contributed by atoms with E-state index in [-0.39, 0.29) is 17.9 Å². The van der Waals surface area contributed by atoms with E-state index < -0.39 is 0 Å². The molecule has 1 fully saturated rings. The molecule has 3 unspecified atom stereocenters. The summed E-state index contributed by atoms with van der Waals surface area (Å²) in [5.74, 6) is 1.13. The smallest absolute Gasteiger partial charge is 0.226 e. The quantitative estimate of drug-likeness (QED) is 0.404. The summed E-state index contributed by atoms with van der Waals surface area (Å²) in [5, 5.41) is 0.747. The van der Waals surface area contributed by atoms with Crippen LogP contribution in [0.25, 0.3) is 0 Å². The molecule has 0 aliphatic heterocycles. The van der Waals surface area contributed by atoms with Crippen LogP contribution in [0.2, 0.25) is 5.02 Å². The zero-order valence-electron chi connectivity index (χ0n) is 18.5. The molecule has 1 heterocycles. The second kappa shape index (κ2) is 9.32. The van der Waals surface area contributed by atoms with Crippen molar-refractivity contribution in [2.24, 2.45) is 11.8 Å². The Bertz CT molecular complexity index is 1030. The Morgan fingerprint density at radius 1 is 1.06 bits per heavy atom. The Hall–Kier alpha value is -2.52. The summed E-state index contributed by atoms with van der Waals surface area (Å²) < 4.78 is 2.22. The fraction of sp³-hybridized carbons (Fsp3) is 0.370. The molecule has 3 aromatic rings. The molecular formula is C27H31ClN2O. The molecule has 0 spiro atoms. The molecule has 0 bridgehead atoms. The van der Waals surface area contributed by atoms with Crippen LogP contribution in [0.1, 0.15) is 49.9 Å². The molecule has 2 aromatic carbocycles. The van der Waals surface area contributed by atoms with Crippen LogP contribution in [-0.2, 0) is 17.9 Å². The van der Waals surface area contributed by atoms with Gasteiger partial charge in [-0.1, -0.05) is 67.9 Å². The van der Waals surface area contributed by atoms with Crippen LogP contribution in [-0.4, -0.2) is 21.4 Å². The molecule has 1 aliphatic rings. The lowest BCUT2D eigenvalue weighted by atomic mass is 10.0. The molecule has 31 heavy (non-hydrogen) atoms. The number of halogens is 1. The van der Waals surface area contributed by atoms with E-state index in [4.69, 9.17) is 11.6 Å². The molecular weight excluding hydrogens is 404 g/mol. The van der Waals surface area contributed by atoms with Crippen molar-refractivity contribution in [2.45, 2.75) is 52.2 Å². The predicted molar refractivity (Wildman–Crippen MR) is 127 cm³/mol. The zero-order valence-corrected chi connectivity index (χ0v) is 19.3. The first-order chi connectivity index (χ1) is 14.9. The summed E-state index contributed by atoms with van der Waals surface area (Å²) >= 11 is 6.17. The number of hydrogen-bond acceptors (Lipinski definition) is 1. The van der Waals surface area contributed by atoms with E-state index in [1.807, 2.05) is 24.3 Å². The minimum Gasteiger partial charge on any atom is -0.345 e. The molecule has 1 saturated carbocycles. The van der Waals surface area contributed by atoms with Gasteiger partial charge in [0.25, 0.3) is 0 Å². The van der Waals surface area contributed by atoms with Crippen molar-refractivity contribution < 1.29 is 4.79 Å². The van der Waals surface area contributed by atoms with Crippen molar-refractivity contribution >= 4 is 17.5 Å². The van der Waals surface area contributed by atoms with Crippen molar-refractivity contribution in [3.05, 3.63) is 94.8 Å². The maximum Gasteiger partial charge on any atom is 0.226 e. The van der Waals surface area contributed by atoms with Gasteiger partial charge >= 0.3 is 0 Å². The molecule has 0 radical (unpaired) electrons. The number of carbonyl (C=O) groups is 1. The average molecular weight is 435 g/mol. The van der Waals surface area contributed by atoms with Gasteiger partial charge in [0.05, 0.1) is 6.54 Å². The lowest BCUT2D eigenvalue weighted by Crippen LogP contribution is -2.42. The van der Waals surface area contributed by atoms with Crippen LogP contribution >= 0.6 is 11.6 Å². The van der Waals surface area contributed by atoms with Crippen LogP contribution in [0.4, 0.5) is 0 Å². The number of nitrogens with zero attached hydrogens (tertiary/aromatic N) is 2. The van der Waals surface area contributed by atoms with Crippen molar-refractivity contribution in [1.82, 2.24) is 9.47 Å². The van der Waals surface area contributed by atoms with Crippen LogP contribution in [0.3, 0.4) is 0 Å². The van der Waals surface area contributed by atoms with Crippen LogP contribution < -0.4 is 0 Å². The van der Waals surface area contributed by atoms with Gasteiger partial charge in [0, 0.05) is 35.4 Å². The fourth-order valence-electron chi connectivity index (χ4n) is 4.29. The zero-order chi connectivity index (χ0) is 22.0.